The number of hydrogen-bond donors (Lipinski definition) is 0. The van der Waals surface area contributed by atoms with Gasteiger partial charge >= 0.3 is 0 Å². The van der Waals surface area contributed by atoms with Gasteiger partial charge in [0.05, 0.1) is 5.52 Å². The minimum absolute atomic E-state index is 0.786. The summed E-state index contributed by atoms with van der Waals surface area (Å²) in [5.41, 5.74) is 8.79. The number of fused-ring (bicyclic) bond motifs is 5. The average molecular weight is 648 g/mol. The molecule has 9 rings (SSSR count). The molecule has 232 valence electrons. The fraction of sp³-hybridized carbons (Fsp3) is 0. The third-order valence-corrected chi connectivity index (χ3v) is 12.5. The third kappa shape index (κ3) is 4.99. The lowest BCUT2D eigenvalue weighted by Gasteiger charge is -2.20. The maximum Gasteiger partial charge on any atom is 0.171 e. The molecule has 9 aromatic rings. The molecule has 0 radical (unpaired) electrons. The molecule has 0 N–H and O–H groups in total. The Labute approximate surface area is 284 Å². The van der Waals surface area contributed by atoms with Crippen LogP contribution in [0.5, 0.6) is 0 Å². The predicted octanol–water partition coefficient (Wildman–Crippen LogP) is 10.8. The Bertz CT molecular complexity index is 2600. The summed E-state index contributed by atoms with van der Waals surface area (Å²) < 4.78 is 21.3. The number of hydrogen-bond acceptors (Lipinski definition) is 3. The van der Waals surface area contributed by atoms with Crippen LogP contribution in [-0.4, -0.2) is 4.98 Å². The van der Waals surface area contributed by atoms with E-state index in [-0.39, 0.29) is 0 Å². The van der Waals surface area contributed by atoms with Gasteiger partial charge in [-0.05, 0) is 40.5 Å². The van der Waals surface area contributed by atoms with E-state index in [1.165, 1.54) is 5.56 Å². The first-order valence-corrected chi connectivity index (χ1v) is 18.1. The van der Waals surface area contributed by atoms with Crippen LogP contribution in [0.4, 0.5) is 0 Å². The quantitative estimate of drug-likeness (QED) is 0.169. The van der Waals surface area contributed by atoms with Gasteiger partial charge in [0.25, 0.3) is 0 Å². The van der Waals surface area contributed by atoms with Gasteiger partial charge < -0.3 is 8.98 Å². The normalized spacial score (nSPS) is 11.8. The second-order valence-corrected chi connectivity index (χ2v) is 15.0. The number of aromatic nitrogens is 1. The molecule has 0 aliphatic rings. The van der Waals surface area contributed by atoms with Gasteiger partial charge in [-0.1, -0.05) is 164 Å². The molecule has 49 heavy (non-hydrogen) atoms. The molecule has 2 heterocycles. The molecule has 7 aromatic carbocycles. The van der Waals surface area contributed by atoms with Crippen molar-refractivity contribution in [2.75, 3.05) is 0 Å². The van der Waals surface area contributed by atoms with Crippen LogP contribution in [0, 0.1) is 0 Å². The van der Waals surface area contributed by atoms with Gasteiger partial charge in [-0.25, -0.2) is 4.98 Å². The molecule has 0 spiro atoms. The fourth-order valence-electron chi connectivity index (χ4n) is 6.90. The zero-order valence-electron chi connectivity index (χ0n) is 26.5. The number of rotatable bonds is 6. The highest BCUT2D eigenvalue weighted by atomic mass is 31.2. The third-order valence-electron chi connectivity index (χ3n) is 9.38. The van der Waals surface area contributed by atoms with Crippen LogP contribution in [0.3, 0.4) is 0 Å². The lowest BCUT2D eigenvalue weighted by molar-refractivity contribution is 0.592. The van der Waals surface area contributed by atoms with E-state index in [2.05, 4.69) is 91.0 Å². The monoisotopic (exact) mass is 647 g/mol. The van der Waals surface area contributed by atoms with E-state index in [9.17, 15) is 4.57 Å². The van der Waals surface area contributed by atoms with Crippen molar-refractivity contribution in [1.29, 1.82) is 0 Å². The van der Waals surface area contributed by atoms with E-state index in [1.54, 1.807) is 0 Å². The summed E-state index contributed by atoms with van der Waals surface area (Å²) in [6.45, 7) is 0. The lowest BCUT2D eigenvalue weighted by atomic mass is 9.98. The van der Waals surface area contributed by atoms with E-state index < -0.39 is 7.14 Å². The van der Waals surface area contributed by atoms with Crippen LogP contribution < -0.4 is 15.9 Å². The van der Waals surface area contributed by atoms with Crippen molar-refractivity contribution in [2.24, 2.45) is 0 Å². The van der Waals surface area contributed by atoms with Crippen molar-refractivity contribution in [1.82, 2.24) is 4.98 Å². The zero-order chi connectivity index (χ0) is 32.8. The summed E-state index contributed by atoms with van der Waals surface area (Å²) in [4.78, 5) is 5.18. The van der Waals surface area contributed by atoms with E-state index in [1.807, 2.05) is 91.0 Å². The lowest BCUT2D eigenvalue weighted by Crippen LogP contribution is -2.24. The van der Waals surface area contributed by atoms with Crippen LogP contribution in [0.1, 0.15) is 0 Å². The first kappa shape index (κ1) is 29.1. The summed E-state index contributed by atoms with van der Waals surface area (Å²) in [6.07, 6.45) is 0. The van der Waals surface area contributed by atoms with Crippen molar-refractivity contribution >= 4 is 55.9 Å². The Morgan fingerprint density at radius 1 is 0.429 bits per heavy atom. The van der Waals surface area contributed by atoms with E-state index in [0.29, 0.717) is 0 Å². The van der Waals surface area contributed by atoms with Crippen LogP contribution in [0.25, 0.3) is 66.4 Å². The van der Waals surface area contributed by atoms with Gasteiger partial charge in [-0.15, -0.1) is 0 Å². The van der Waals surface area contributed by atoms with Crippen molar-refractivity contribution in [3.8, 4) is 33.5 Å². The Morgan fingerprint density at radius 3 is 1.57 bits per heavy atom. The molecule has 0 fully saturated rings. The van der Waals surface area contributed by atoms with E-state index in [0.717, 1.165) is 76.7 Å². The molecule has 0 bridgehead atoms. The van der Waals surface area contributed by atoms with Gasteiger partial charge in [0.15, 0.2) is 12.7 Å². The number of furan rings is 1. The Kier molecular flexibility index (Phi) is 7.08. The second kappa shape index (κ2) is 11.9. The summed E-state index contributed by atoms with van der Waals surface area (Å²) in [6, 6.07) is 61.3. The molecular weight excluding hydrogens is 617 g/mol. The second-order valence-electron chi connectivity index (χ2n) is 12.3. The first-order valence-electron chi connectivity index (χ1n) is 16.4. The van der Waals surface area contributed by atoms with E-state index in [4.69, 9.17) is 9.40 Å². The van der Waals surface area contributed by atoms with Crippen molar-refractivity contribution in [3.05, 3.63) is 182 Å². The Hall–Kier alpha value is -6.02. The maximum absolute atomic E-state index is 14.8. The van der Waals surface area contributed by atoms with Gasteiger partial charge in [-0.2, -0.15) is 0 Å². The van der Waals surface area contributed by atoms with Crippen LogP contribution in [0.15, 0.2) is 186 Å². The largest absolute Gasteiger partial charge is 0.454 e. The Balaban J connectivity index is 1.11. The summed E-state index contributed by atoms with van der Waals surface area (Å²) in [5, 5.41) is 5.70. The molecule has 2 aromatic heterocycles. The SMILES string of the molecule is O=P(c1ccccc1)(c1ccccc1)c1ccc(-c2ccc(-c3nc4ccc(-c5ccccc5)cc4c4c3oc3ccccc34)cc2)cc1. The molecule has 0 aliphatic carbocycles. The molecule has 0 aliphatic heterocycles. The molecule has 0 saturated carbocycles. The zero-order valence-corrected chi connectivity index (χ0v) is 27.4. The number of benzene rings is 7. The highest BCUT2D eigenvalue weighted by Crippen LogP contribution is 2.43. The highest BCUT2D eigenvalue weighted by molar-refractivity contribution is 7.85. The van der Waals surface area contributed by atoms with Gasteiger partial charge in [0.1, 0.15) is 11.3 Å². The number of nitrogens with zero attached hydrogens (tertiary/aromatic N) is 1. The Morgan fingerprint density at radius 2 is 0.918 bits per heavy atom. The molecule has 4 heteroatoms. The van der Waals surface area contributed by atoms with Crippen LogP contribution in [-0.2, 0) is 4.57 Å². The fourth-order valence-corrected chi connectivity index (χ4v) is 9.55. The van der Waals surface area contributed by atoms with Gasteiger partial charge in [-0.3, -0.25) is 0 Å². The molecule has 0 atom stereocenters. The maximum atomic E-state index is 14.8. The van der Waals surface area contributed by atoms with Gasteiger partial charge in [0, 0.05) is 37.6 Å². The molecule has 0 unspecified atom stereocenters. The predicted molar refractivity (Wildman–Crippen MR) is 205 cm³/mol. The smallest absolute Gasteiger partial charge is 0.171 e. The molecule has 0 amide bonds. The standard InChI is InChI=1S/C45H30NO2P/c47-49(36-14-6-2-7-15-36,37-16-8-3-9-17-37)38-27-24-33(25-28-38)32-20-22-34(23-21-32)44-45-43(39-18-10-11-19-42(39)48-45)40-30-35(26-29-41(40)46-44)31-12-4-1-5-13-31/h1-30H. The van der Waals surface area contributed by atoms with Crippen LogP contribution >= 0.6 is 7.14 Å². The van der Waals surface area contributed by atoms with Crippen LogP contribution in [0.2, 0.25) is 0 Å². The molecule has 0 saturated heterocycles. The summed E-state index contributed by atoms with van der Waals surface area (Å²) in [7, 11) is -3.03. The number of pyridine rings is 1. The topological polar surface area (TPSA) is 43.1 Å². The van der Waals surface area contributed by atoms with Crippen molar-refractivity contribution < 1.29 is 8.98 Å². The average Bonchev–Trinajstić information content (AvgIpc) is 3.58. The van der Waals surface area contributed by atoms with Crippen molar-refractivity contribution in [2.45, 2.75) is 0 Å². The highest BCUT2D eigenvalue weighted by Gasteiger charge is 2.29. The summed E-state index contributed by atoms with van der Waals surface area (Å²) >= 11 is 0. The van der Waals surface area contributed by atoms with Gasteiger partial charge in [0.2, 0.25) is 0 Å². The molecular formula is C45H30NO2P. The summed E-state index contributed by atoms with van der Waals surface area (Å²) in [5.74, 6) is 0. The molecule has 3 nitrogen and oxygen atoms in total. The van der Waals surface area contributed by atoms with E-state index >= 15 is 0 Å². The first-order chi connectivity index (χ1) is 24.2. The number of para-hydroxylation sites is 1. The minimum Gasteiger partial charge on any atom is -0.454 e. The van der Waals surface area contributed by atoms with Crippen molar-refractivity contribution in [3.63, 3.8) is 0 Å². The minimum atomic E-state index is -3.03.